The number of thiophene rings is 1. The van der Waals surface area contributed by atoms with Gasteiger partial charge in [0.15, 0.2) is 0 Å². The fraction of sp³-hybridized carbons (Fsp3) is 0.667. The van der Waals surface area contributed by atoms with Crippen molar-refractivity contribution in [2.75, 3.05) is 13.2 Å². The highest BCUT2D eigenvalue weighted by atomic mass is 32.1. The summed E-state index contributed by atoms with van der Waals surface area (Å²) in [6.45, 7) is 4.22. The van der Waals surface area contributed by atoms with Gasteiger partial charge in [0.25, 0.3) is 0 Å². The highest BCUT2D eigenvalue weighted by molar-refractivity contribution is 7.07. The van der Waals surface area contributed by atoms with Gasteiger partial charge in [0.05, 0.1) is 6.10 Å². The van der Waals surface area contributed by atoms with E-state index in [9.17, 15) is 0 Å². The van der Waals surface area contributed by atoms with E-state index in [0.29, 0.717) is 12.1 Å². The van der Waals surface area contributed by atoms with Gasteiger partial charge in [-0.1, -0.05) is 0 Å². The van der Waals surface area contributed by atoms with Crippen molar-refractivity contribution in [3.63, 3.8) is 0 Å². The lowest BCUT2D eigenvalue weighted by molar-refractivity contribution is 0.0839. The minimum Gasteiger partial charge on any atom is -0.377 e. The van der Waals surface area contributed by atoms with Crippen molar-refractivity contribution in [1.82, 2.24) is 5.32 Å². The summed E-state index contributed by atoms with van der Waals surface area (Å²) < 4.78 is 5.64. The van der Waals surface area contributed by atoms with Gasteiger partial charge in [0.2, 0.25) is 0 Å². The van der Waals surface area contributed by atoms with Gasteiger partial charge < -0.3 is 10.1 Å². The van der Waals surface area contributed by atoms with Crippen LogP contribution in [0.5, 0.6) is 0 Å². The standard InChI is InChI=1S/C12H19NOS/c1-10(12-3-2-7-14-12)13-6-4-11-5-8-15-9-11/h5,8-10,12-13H,2-4,6-7H2,1H3. The molecule has 0 radical (unpaired) electrons. The lowest BCUT2D eigenvalue weighted by Crippen LogP contribution is -2.37. The molecule has 3 heteroatoms. The van der Waals surface area contributed by atoms with Gasteiger partial charge in [-0.05, 0) is 55.1 Å². The predicted molar refractivity (Wildman–Crippen MR) is 64.5 cm³/mol. The molecule has 0 aromatic carbocycles. The second-order valence-corrected chi connectivity index (χ2v) is 4.96. The van der Waals surface area contributed by atoms with E-state index in [1.54, 1.807) is 11.3 Å². The molecule has 2 rings (SSSR count). The van der Waals surface area contributed by atoms with E-state index < -0.39 is 0 Å². The first kappa shape index (κ1) is 11.1. The molecule has 0 spiro atoms. The SMILES string of the molecule is CC(NCCc1ccsc1)C1CCCO1. The molecule has 2 nitrogen and oxygen atoms in total. The number of hydrogen-bond donors (Lipinski definition) is 1. The lowest BCUT2D eigenvalue weighted by Gasteiger charge is -2.19. The van der Waals surface area contributed by atoms with Gasteiger partial charge in [-0.15, -0.1) is 0 Å². The molecule has 1 aliphatic rings. The van der Waals surface area contributed by atoms with Crippen molar-refractivity contribution < 1.29 is 4.74 Å². The molecule has 15 heavy (non-hydrogen) atoms. The zero-order valence-corrected chi connectivity index (χ0v) is 10.1. The van der Waals surface area contributed by atoms with E-state index in [-0.39, 0.29) is 0 Å². The van der Waals surface area contributed by atoms with Crippen molar-refractivity contribution in [2.45, 2.75) is 38.3 Å². The maximum Gasteiger partial charge on any atom is 0.0726 e. The summed E-state index contributed by atoms with van der Waals surface area (Å²) >= 11 is 1.77. The molecule has 1 aromatic heterocycles. The predicted octanol–water partition coefficient (Wildman–Crippen LogP) is 2.45. The quantitative estimate of drug-likeness (QED) is 0.831. The van der Waals surface area contributed by atoms with Crippen LogP contribution in [0.25, 0.3) is 0 Å². The van der Waals surface area contributed by atoms with Gasteiger partial charge in [-0.3, -0.25) is 0 Å². The minimum absolute atomic E-state index is 0.437. The molecule has 1 aliphatic heterocycles. The number of ether oxygens (including phenoxy) is 1. The Labute approximate surface area is 95.6 Å². The second-order valence-electron chi connectivity index (χ2n) is 4.18. The Morgan fingerprint density at radius 2 is 2.60 bits per heavy atom. The fourth-order valence-electron chi connectivity index (χ4n) is 2.01. The van der Waals surface area contributed by atoms with Gasteiger partial charge >= 0.3 is 0 Å². The zero-order chi connectivity index (χ0) is 10.5. The first-order chi connectivity index (χ1) is 7.36. The minimum atomic E-state index is 0.437. The molecule has 2 heterocycles. The maximum absolute atomic E-state index is 5.64. The van der Waals surface area contributed by atoms with Crippen LogP contribution in [0.1, 0.15) is 25.3 Å². The molecule has 0 saturated carbocycles. The van der Waals surface area contributed by atoms with Crippen molar-refractivity contribution in [2.24, 2.45) is 0 Å². The van der Waals surface area contributed by atoms with Crippen LogP contribution in [0.3, 0.4) is 0 Å². The number of hydrogen-bond acceptors (Lipinski definition) is 3. The van der Waals surface area contributed by atoms with Crippen LogP contribution in [0.15, 0.2) is 16.8 Å². The molecule has 1 saturated heterocycles. The summed E-state index contributed by atoms with van der Waals surface area (Å²) in [6.07, 6.45) is 4.00. The zero-order valence-electron chi connectivity index (χ0n) is 9.24. The average molecular weight is 225 g/mol. The van der Waals surface area contributed by atoms with E-state index in [0.717, 1.165) is 19.6 Å². The Bertz CT molecular complexity index is 267. The van der Waals surface area contributed by atoms with Crippen LogP contribution >= 0.6 is 11.3 Å². The summed E-state index contributed by atoms with van der Waals surface area (Å²) in [7, 11) is 0. The highest BCUT2D eigenvalue weighted by Crippen LogP contribution is 2.15. The van der Waals surface area contributed by atoms with E-state index in [2.05, 4.69) is 29.1 Å². The normalized spacial score (nSPS) is 23.1. The molecule has 2 unspecified atom stereocenters. The fourth-order valence-corrected chi connectivity index (χ4v) is 2.71. The Morgan fingerprint density at radius 1 is 1.67 bits per heavy atom. The van der Waals surface area contributed by atoms with Gasteiger partial charge in [-0.2, -0.15) is 11.3 Å². The van der Waals surface area contributed by atoms with Crippen molar-refractivity contribution in [1.29, 1.82) is 0 Å². The average Bonchev–Trinajstić information content (AvgIpc) is 2.90. The van der Waals surface area contributed by atoms with Crippen molar-refractivity contribution in [3.8, 4) is 0 Å². The third-order valence-electron chi connectivity index (χ3n) is 2.98. The van der Waals surface area contributed by atoms with Crippen molar-refractivity contribution in [3.05, 3.63) is 22.4 Å². The highest BCUT2D eigenvalue weighted by Gasteiger charge is 2.21. The summed E-state index contributed by atoms with van der Waals surface area (Å²) in [4.78, 5) is 0. The van der Waals surface area contributed by atoms with Crippen LogP contribution in [0.4, 0.5) is 0 Å². The van der Waals surface area contributed by atoms with Gasteiger partial charge in [0.1, 0.15) is 0 Å². The van der Waals surface area contributed by atoms with Crippen LogP contribution in [-0.2, 0) is 11.2 Å². The number of nitrogens with one attached hydrogen (secondary N) is 1. The Hall–Kier alpha value is -0.380. The molecule has 2 atom stereocenters. The molecular weight excluding hydrogens is 206 g/mol. The van der Waals surface area contributed by atoms with E-state index >= 15 is 0 Å². The molecule has 0 aliphatic carbocycles. The van der Waals surface area contributed by atoms with Gasteiger partial charge in [0, 0.05) is 12.6 Å². The molecule has 0 amide bonds. The Balaban J connectivity index is 1.64. The van der Waals surface area contributed by atoms with E-state index in [4.69, 9.17) is 4.74 Å². The maximum atomic E-state index is 5.64. The third-order valence-corrected chi connectivity index (χ3v) is 3.71. The van der Waals surface area contributed by atoms with Gasteiger partial charge in [-0.25, -0.2) is 0 Å². The summed E-state index contributed by atoms with van der Waals surface area (Å²) in [5.41, 5.74) is 1.44. The van der Waals surface area contributed by atoms with Crippen LogP contribution in [0, 0.1) is 0 Å². The van der Waals surface area contributed by atoms with Crippen LogP contribution in [0.2, 0.25) is 0 Å². The lowest BCUT2D eigenvalue weighted by atomic mass is 10.1. The molecular formula is C12H19NOS. The Morgan fingerprint density at radius 3 is 3.27 bits per heavy atom. The third kappa shape index (κ3) is 3.30. The molecule has 1 aromatic rings. The van der Waals surface area contributed by atoms with Crippen molar-refractivity contribution >= 4 is 11.3 Å². The smallest absolute Gasteiger partial charge is 0.0726 e. The summed E-state index contributed by atoms with van der Waals surface area (Å²) in [6, 6.07) is 2.69. The van der Waals surface area contributed by atoms with Crippen LogP contribution in [-0.4, -0.2) is 25.3 Å². The van der Waals surface area contributed by atoms with Crippen LogP contribution < -0.4 is 5.32 Å². The monoisotopic (exact) mass is 225 g/mol. The first-order valence-electron chi connectivity index (χ1n) is 5.72. The number of rotatable bonds is 5. The first-order valence-corrected chi connectivity index (χ1v) is 6.66. The molecule has 1 N–H and O–H groups in total. The Kier molecular flexibility index (Phi) is 4.18. The largest absolute Gasteiger partial charge is 0.377 e. The second kappa shape index (κ2) is 5.64. The molecule has 0 bridgehead atoms. The molecule has 1 fully saturated rings. The summed E-state index contributed by atoms with van der Waals surface area (Å²) in [5, 5.41) is 7.90. The topological polar surface area (TPSA) is 21.3 Å². The molecule has 84 valence electrons. The summed E-state index contributed by atoms with van der Waals surface area (Å²) in [5.74, 6) is 0. The van der Waals surface area contributed by atoms with E-state index in [1.165, 1.54) is 18.4 Å². The van der Waals surface area contributed by atoms with E-state index in [1.807, 2.05) is 0 Å².